The number of halogens is 1. The fourth-order valence-corrected chi connectivity index (χ4v) is 1.23. The van der Waals surface area contributed by atoms with Crippen LogP contribution >= 0.6 is 0 Å². The predicted molar refractivity (Wildman–Crippen MR) is 76.4 cm³/mol. The van der Waals surface area contributed by atoms with E-state index in [-0.39, 0.29) is 12.0 Å². The monoisotopic (exact) mass is 288 g/mol. The summed E-state index contributed by atoms with van der Waals surface area (Å²) < 4.78 is 13.2. The summed E-state index contributed by atoms with van der Waals surface area (Å²) in [5.74, 6) is -0.918. The average molecular weight is 288 g/mol. The van der Waals surface area contributed by atoms with Crippen LogP contribution in [0, 0.1) is 26.0 Å². The SMILES string of the molecule is CC.CCC.CCc1c(F)cc([N+](=O)[O-])cc1[N+](=O)[O-]. The minimum Gasteiger partial charge on any atom is -0.258 e. The molecule has 0 saturated carbocycles. The molecule has 0 atom stereocenters. The molecule has 0 heterocycles. The third kappa shape index (κ3) is 6.21. The van der Waals surface area contributed by atoms with Crippen molar-refractivity contribution in [2.45, 2.75) is 47.5 Å². The molecule has 0 spiro atoms. The fraction of sp³-hybridized carbons (Fsp3) is 0.538. The van der Waals surface area contributed by atoms with E-state index in [0.717, 1.165) is 6.07 Å². The van der Waals surface area contributed by atoms with Gasteiger partial charge in [0.15, 0.2) is 0 Å². The zero-order valence-corrected chi connectivity index (χ0v) is 12.5. The normalized spacial score (nSPS) is 8.70. The topological polar surface area (TPSA) is 86.3 Å². The lowest BCUT2D eigenvalue weighted by Gasteiger charge is -2.01. The van der Waals surface area contributed by atoms with Crippen molar-refractivity contribution in [1.29, 1.82) is 0 Å². The van der Waals surface area contributed by atoms with Crippen molar-refractivity contribution in [3.8, 4) is 0 Å². The molecule has 7 heteroatoms. The predicted octanol–water partition coefficient (Wildman–Crippen LogP) is 4.65. The molecule has 0 saturated heterocycles. The minimum atomic E-state index is -0.918. The Hall–Kier alpha value is -2.05. The summed E-state index contributed by atoms with van der Waals surface area (Å²) in [5, 5.41) is 20.9. The van der Waals surface area contributed by atoms with E-state index in [2.05, 4.69) is 13.8 Å². The second kappa shape index (κ2) is 10.8. The molecule has 0 amide bonds. The highest BCUT2D eigenvalue weighted by Crippen LogP contribution is 2.27. The second-order valence-corrected chi connectivity index (χ2v) is 3.50. The smallest absolute Gasteiger partial charge is 0.258 e. The molecule has 0 aliphatic carbocycles. The lowest BCUT2D eigenvalue weighted by Crippen LogP contribution is -2.00. The molecule has 0 bridgehead atoms. The van der Waals surface area contributed by atoms with Crippen molar-refractivity contribution in [3.05, 3.63) is 43.7 Å². The van der Waals surface area contributed by atoms with Gasteiger partial charge >= 0.3 is 0 Å². The van der Waals surface area contributed by atoms with Gasteiger partial charge in [-0.3, -0.25) is 20.2 Å². The van der Waals surface area contributed by atoms with E-state index in [1.807, 2.05) is 13.8 Å². The maximum absolute atomic E-state index is 13.2. The van der Waals surface area contributed by atoms with Gasteiger partial charge in [0.1, 0.15) is 5.82 Å². The standard InChI is InChI=1S/C8H7FN2O4.C3H8.C2H6/c1-2-6-7(9)3-5(10(12)13)4-8(6)11(14)15;1-3-2;1-2/h3-4H,2H2,1H3;3H2,1-2H3;1-2H3. The van der Waals surface area contributed by atoms with Gasteiger partial charge in [-0.25, -0.2) is 4.39 Å². The largest absolute Gasteiger partial charge is 0.282 e. The van der Waals surface area contributed by atoms with Crippen LogP contribution in [0.25, 0.3) is 0 Å². The van der Waals surface area contributed by atoms with Crippen LogP contribution in [0.1, 0.15) is 46.6 Å². The van der Waals surface area contributed by atoms with E-state index in [1.54, 1.807) is 0 Å². The van der Waals surface area contributed by atoms with Crippen molar-refractivity contribution >= 4 is 11.4 Å². The van der Waals surface area contributed by atoms with Crippen LogP contribution in [-0.2, 0) is 6.42 Å². The van der Waals surface area contributed by atoms with Gasteiger partial charge in [0, 0.05) is 0 Å². The molecule has 0 N–H and O–H groups in total. The van der Waals surface area contributed by atoms with Crippen LogP contribution < -0.4 is 0 Å². The van der Waals surface area contributed by atoms with E-state index in [1.165, 1.54) is 13.3 Å². The summed E-state index contributed by atoms with van der Waals surface area (Å²) in [6.45, 7) is 9.79. The first-order valence-corrected chi connectivity index (χ1v) is 6.50. The summed E-state index contributed by atoms with van der Waals surface area (Å²) in [6.07, 6.45) is 1.36. The van der Waals surface area contributed by atoms with Crippen molar-refractivity contribution < 1.29 is 14.2 Å². The van der Waals surface area contributed by atoms with Crippen LogP contribution in [0.3, 0.4) is 0 Å². The van der Waals surface area contributed by atoms with E-state index in [9.17, 15) is 24.6 Å². The molecule has 0 unspecified atom stereocenters. The number of non-ortho nitro benzene ring substituents is 1. The summed E-state index contributed by atoms with van der Waals surface area (Å²) >= 11 is 0. The van der Waals surface area contributed by atoms with Crippen LogP contribution in [0.15, 0.2) is 12.1 Å². The zero-order valence-electron chi connectivity index (χ0n) is 12.5. The third-order valence-corrected chi connectivity index (χ3v) is 1.92. The van der Waals surface area contributed by atoms with Crippen LogP contribution in [0.2, 0.25) is 0 Å². The quantitative estimate of drug-likeness (QED) is 0.598. The highest BCUT2D eigenvalue weighted by molar-refractivity contribution is 5.50. The maximum atomic E-state index is 13.2. The summed E-state index contributed by atoms with van der Waals surface area (Å²) in [4.78, 5) is 19.2. The molecule has 114 valence electrons. The Morgan fingerprint density at radius 3 is 1.80 bits per heavy atom. The Bertz CT molecular complexity index is 450. The van der Waals surface area contributed by atoms with Crippen molar-refractivity contribution in [1.82, 2.24) is 0 Å². The number of nitro groups is 2. The van der Waals surface area contributed by atoms with Gasteiger partial charge < -0.3 is 0 Å². The number of benzene rings is 1. The fourth-order valence-electron chi connectivity index (χ4n) is 1.23. The van der Waals surface area contributed by atoms with Gasteiger partial charge in [-0.15, -0.1) is 0 Å². The van der Waals surface area contributed by atoms with Gasteiger partial charge in [-0.1, -0.05) is 41.0 Å². The summed E-state index contributed by atoms with van der Waals surface area (Å²) in [7, 11) is 0. The number of nitrogens with zero attached hydrogens (tertiary/aromatic N) is 2. The van der Waals surface area contributed by atoms with Crippen molar-refractivity contribution in [2.75, 3.05) is 0 Å². The first kappa shape index (κ1) is 20.3. The molecule has 0 aromatic heterocycles. The lowest BCUT2D eigenvalue weighted by atomic mass is 10.1. The minimum absolute atomic E-state index is 0.111. The van der Waals surface area contributed by atoms with E-state index >= 15 is 0 Å². The summed E-state index contributed by atoms with van der Waals surface area (Å²) in [6, 6.07) is 1.45. The lowest BCUT2D eigenvalue weighted by molar-refractivity contribution is -0.394. The molecule has 20 heavy (non-hydrogen) atoms. The average Bonchev–Trinajstić information content (AvgIpc) is 2.40. The number of hydrogen-bond donors (Lipinski definition) is 0. The Morgan fingerprint density at radius 1 is 1.05 bits per heavy atom. The molecular formula is C13H21FN2O4. The highest BCUT2D eigenvalue weighted by Gasteiger charge is 2.22. The van der Waals surface area contributed by atoms with Gasteiger partial charge in [0.25, 0.3) is 11.4 Å². The molecule has 1 aromatic carbocycles. The van der Waals surface area contributed by atoms with E-state index in [0.29, 0.717) is 6.07 Å². The second-order valence-electron chi connectivity index (χ2n) is 3.50. The molecular weight excluding hydrogens is 267 g/mol. The third-order valence-electron chi connectivity index (χ3n) is 1.92. The van der Waals surface area contributed by atoms with Gasteiger partial charge in [0.2, 0.25) is 0 Å². The molecule has 0 radical (unpaired) electrons. The Balaban J connectivity index is 0. The van der Waals surface area contributed by atoms with Crippen LogP contribution in [0.5, 0.6) is 0 Å². The summed E-state index contributed by atoms with van der Waals surface area (Å²) in [5.41, 5.74) is -1.29. The number of nitro benzene ring substituents is 2. The van der Waals surface area contributed by atoms with Gasteiger partial charge in [-0.2, -0.15) is 0 Å². The van der Waals surface area contributed by atoms with E-state index in [4.69, 9.17) is 0 Å². The molecule has 1 aromatic rings. The number of hydrogen-bond acceptors (Lipinski definition) is 4. The molecule has 0 fully saturated rings. The van der Waals surface area contributed by atoms with Gasteiger partial charge in [-0.05, 0) is 6.42 Å². The number of rotatable bonds is 3. The van der Waals surface area contributed by atoms with Crippen molar-refractivity contribution in [3.63, 3.8) is 0 Å². The molecule has 0 aliphatic heterocycles. The Labute approximate surface area is 117 Å². The first-order chi connectivity index (χ1) is 9.38. The molecule has 1 rings (SSSR count). The van der Waals surface area contributed by atoms with Crippen LogP contribution in [-0.4, -0.2) is 9.85 Å². The molecule has 0 aliphatic rings. The molecule has 6 nitrogen and oxygen atoms in total. The van der Waals surface area contributed by atoms with Crippen molar-refractivity contribution in [2.24, 2.45) is 0 Å². The van der Waals surface area contributed by atoms with Gasteiger partial charge in [0.05, 0.1) is 27.5 Å². The Morgan fingerprint density at radius 2 is 1.50 bits per heavy atom. The maximum Gasteiger partial charge on any atom is 0.282 e. The van der Waals surface area contributed by atoms with Crippen LogP contribution in [0.4, 0.5) is 15.8 Å². The highest BCUT2D eigenvalue weighted by atomic mass is 19.1. The first-order valence-electron chi connectivity index (χ1n) is 6.50. The Kier molecular flexibility index (Phi) is 11.0. The zero-order chi connectivity index (χ0) is 16.3. The van der Waals surface area contributed by atoms with E-state index < -0.39 is 27.0 Å².